The molecule has 1 aromatic rings. The third kappa shape index (κ3) is 4.11. The Morgan fingerprint density at radius 2 is 1.78 bits per heavy atom. The number of likely N-dealkylation sites (N-methyl/N-ethyl adjacent to an activating group) is 1. The van der Waals surface area contributed by atoms with Crippen LogP contribution in [0.3, 0.4) is 0 Å². The van der Waals surface area contributed by atoms with E-state index in [1.165, 1.54) is 0 Å². The van der Waals surface area contributed by atoms with Crippen molar-refractivity contribution in [3.63, 3.8) is 0 Å². The van der Waals surface area contributed by atoms with Crippen molar-refractivity contribution in [2.75, 3.05) is 7.05 Å². The Bertz CT molecular complexity index is 407. The van der Waals surface area contributed by atoms with Gasteiger partial charge in [-0.1, -0.05) is 12.2 Å². The molecule has 0 amide bonds. The summed E-state index contributed by atoms with van der Waals surface area (Å²) < 4.78 is 29.0. The number of ether oxygens (including phenoxy) is 1. The van der Waals surface area contributed by atoms with E-state index >= 15 is 0 Å². The second kappa shape index (κ2) is 6.50. The average Bonchev–Trinajstić information content (AvgIpc) is 2.30. The lowest BCUT2D eigenvalue weighted by atomic mass is 10.0. The Kier molecular flexibility index (Phi) is 5.28. The number of rotatable bonds is 5. The summed E-state index contributed by atoms with van der Waals surface area (Å²) in [7, 11) is 1.88. The minimum atomic E-state index is -2.78. The van der Waals surface area contributed by atoms with Crippen LogP contribution in [0, 0.1) is 13.8 Å². The lowest BCUT2D eigenvalue weighted by Crippen LogP contribution is -2.17. The molecule has 0 radical (unpaired) electrons. The molecule has 0 fully saturated rings. The maximum absolute atomic E-state index is 12.2. The van der Waals surface area contributed by atoms with E-state index in [-0.39, 0.29) is 11.8 Å². The molecule has 0 aliphatic carbocycles. The number of halogens is 2. The Morgan fingerprint density at radius 1 is 1.22 bits per heavy atom. The van der Waals surface area contributed by atoms with Crippen molar-refractivity contribution in [2.45, 2.75) is 33.4 Å². The summed E-state index contributed by atoms with van der Waals surface area (Å²) in [6, 6.07) is 3.94. The number of hydrogen-bond donors (Lipinski definition) is 1. The fraction of sp³-hybridized carbons (Fsp3) is 0.429. The minimum Gasteiger partial charge on any atom is -0.434 e. The number of alkyl halides is 2. The van der Waals surface area contributed by atoms with Gasteiger partial charge in [-0.2, -0.15) is 8.78 Å². The molecule has 0 aliphatic rings. The van der Waals surface area contributed by atoms with E-state index in [9.17, 15) is 8.78 Å². The van der Waals surface area contributed by atoms with Crippen molar-refractivity contribution in [1.29, 1.82) is 0 Å². The van der Waals surface area contributed by atoms with Gasteiger partial charge >= 0.3 is 6.61 Å². The molecular formula is C14H19F2NO. The molecule has 1 rings (SSSR count). The first-order chi connectivity index (χ1) is 8.43. The summed E-state index contributed by atoms with van der Waals surface area (Å²) in [6.07, 6.45) is 3.98. The van der Waals surface area contributed by atoms with Crippen LogP contribution < -0.4 is 10.1 Å². The van der Waals surface area contributed by atoms with Gasteiger partial charge in [0.05, 0.1) is 0 Å². The fourth-order valence-corrected chi connectivity index (χ4v) is 1.71. The first-order valence-corrected chi connectivity index (χ1v) is 5.85. The monoisotopic (exact) mass is 255 g/mol. The van der Waals surface area contributed by atoms with E-state index in [4.69, 9.17) is 0 Å². The highest BCUT2D eigenvalue weighted by molar-refractivity contribution is 5.56. The average molecular weight is 255 g/mol. The first-order valence-electron chi connectivity index (χ1n) is 5.85. The molecule has 1 N–H and O–H groups in total. The zero-order valence-corrected chi connectivity index (χ0v) is 11.1. The normalized spacial score (nSPS) is 13.3. The molecule has 1 aromatic carbocycles. The Balaban J connectivity index is 2.96. The summed E-state index contributed by atoms with van der Waals surface area (Å²) in [5.74, 6) is 0.267. The minimum absolute atomic E-state index is 0.266. The van der Waals surface area contributed by atoms with Crippen molar-refractivity contribution < 1.29 is 13.5 Å². The van der Waals surface area contributed by atoms with E-state index in [0.29, 0.717) is 11.1 Å². The predicted molar refractivity (Wildman–Crippen MR) is 70.1 cm³/mol. The van der Waals surface area contributed by atoms with Gasteiger partial charge in [-0.15, -0.1) is 0 Å². The lowest BCUT2D eigenvalue weighted by Gasteiger charge is -2.12. The Morgan fingerprint density at radius 3 is 2.22 bits per heavy atom. The lowest BCUT2D eigenvalue weighted by molar-refractivity contribution is -0.0507. The highest BCUT2D eigenvalue weighted by Crippen LogP contribution is 2.26. The van der Waals surface area contributed by atoms with Crippen molar-refractivity contribution in [3.8, 4) is 5.75 Å². The number of nitrogens with one attached hydrogen (secondary N) is 1. The van der Waals surface area contributed by atoms with Gasteiger partial charge < -0.3 is 10.1 Å². The zero-order valence-electron chi connectivity index (χ0n) is 11.1. The molecule has 0 heterocycles. The molecule has 0 saturated heterocycles. The van der Waals surface area contributed by atoms with Crippen LogP contribution in [0.5, 0.6) is 5.75 Å². The summed E-state index contributed by atoms with van der Waals surface area (Å²) in [4.78, 5) is 0. The standard InChI is InChI=1S/C14H19F2NO/c1-9-7-12(6-5-11(3)17-4)8-10(2)13(9)18-14(15)16/h5-8,11,14,17H,1-4H3/b6-5+. The summed E-state index contributed by atoms with van der Waals surface area (Å²) in [5, 5.41) is 3.09. The van der Waals surface area contributed by atoms with E-state index in [1.807, 2.05) is 38.3 Å². The van der Waals surface area contributed by atoms with E-state index in [2.05, 4.69) is 10.1 Å². The smallest absolute Gasteiger partial charge is 0.387 e. The van der Waals surface area contributed by atoms with Gasteiger partial charge in [0.2, 0.25) is 0 Å². The molecule has 2 nitrogen and oxygen atoms in total. The quantitative estimate of drug-likeness (QED) is 0.869. The number of hydrogen-bond acceptors (Lipinski definition) is 2. The molecule has 0 saturated carbocycles. The molecule has 1 unspecified atom stereocenters. The molecule has 4 heteroatoms. The van der Waals surface area contributed by atoms with Gasteiger partial charge in [-0.05, 0) is 56.6 Å². The van der Waals surface area contributed by atoms with Gasteiger partial charge in [0, 0.05) is 6.04 Å². The molecule has 0 aromatic heterocycles. The first kappa shape index (κ1) is 14.6. The zero-order chi connectivity index (χ0) is 13.7. The van der Waals surface area contributed by atoms with E-state index in [0.717, 1.165) is 5.56 Å². The third-order valence-corrected chi connectivity index (χ3v) is 2.72. The highest BCUT2D eigenvalue weighted by atomic mass is 19.3. The van der Waals surface area contributed by atoms with Gasteiger partial charge in [0.15, 0.2) is 0 Å². The molecule has 100 valence electrons. The molecule has 18 heavy (non-hydrogen) atoms. The van der Waals surface area contributed by atoms with Crippen LogP contribution in [0.1, 0.15) is 23.6 Å². The predicted octanol–water partition coefficient (Wildman–Crippen LogP) is 3.53. The largest absolute Gasteiger partial charge is 0.434 e. The van der Waals surface area contributed by atoms with Gasteiger partial charge in [-0.3, -0.25) is 0 Å². The van der Waals surface area contributed by atoms with Crippen LogP contribution in [0.2, 0.25) is 0 Å². The second-order valence-corrected chi connectivity index (χ2v) is 4.30. The summed E-state index contributed by atoms with van der Waals surface area (Å²) in [5.41, 5.74) is 2.41. The Hall–Kier alpha value is -1.42. The molecule has 0 aliphatic heterocycles. The van der Waals surface area contributed by atoms with Crippen LogP contribution in [0.25, 0.3) is 6.08 Å². The highest BCUT2D eigenvalue weighted by Gasteiger charge is 2.10. The molecule has 0 bridgehead atoms. The fourth-order valence-electron chi connectivity index (χ4n) is 1.71. The maximum atomic E-state index is 12.2. The van der Waals surface area contributed by atoms with Crippen LogP contribution in [0.15, 0.2) is 18.2 Å². The number of aryl methyl sites for hydroxylation is 2. The maximum Gasteiger partial charge on any atom is 0.387 e. The third-order valence-electron chi connectivity index (χ3n) is 2.72. The SMILES string of the molecule is CNC(C)/C=C/c1cc(C)c(OC(F)F)c(C)c1. The molecule has 0 spiro atoms. The second-order valence-electron chi connectivity index (χ2n) is 4.30. The molecule has 1 atom stereocenters. The number of benzene rings is 1. The Labute approximate surface area is 107 Å². The van der Waals surface area contributed by atoms with E-state index < -0.39 is 6.61 Å². The van der Waals surface area contributed by atoms with Gasteiger partial charge in [0.25, 0.3) is 0 Å². The van der Waals surface area contributed by atoms with E-state index in [1.54, 1.807) is 13.8 Å². The van der Waals surface area contributed by atoms with Crippen molar-refractivity contribution in [2.24, 2.45) is 0 Å². The van der Waals surface area contributed by atoms with Crippen molar-refractivity contribution in [1.82, 2.24) is 5.32 Å². The topological polar surface area (TPSA) is 21.3 Å². The van der Waals surface area contributed by atoms with Crippen LogP contribution in [-0.4, -0.2) is 19.7 Å². The van der Waals surface area contributed by atoms with Crippen LogP contribution >= 0.6 is 0 Å². The van der Waals surface area contributed by atoms with Crippen molar-refractivity contribution in [3.05, 3.63) is 34.9 Å². The van der Waals surface area contributed by atoms with Gasteiger partial charge in [-0.25, -0.2) is 0 Å². The van der Waals surface area contributed by atoms with Gasteiger partial charge in [0.1, 0.15) is 5.75 Å². The molecular weight excluding hydrogens is 236 g/mol. The van der Waals surface area contributed by atoms with Crippen LogP contribution in [0.4, 0.5) is 8.78 Å². The summed E-state index contributed by atoms with van der Waals surface area (Å²) in [6.45, 7) is 2.78. The van der Waals surface area contributed by atoms with Crippen LogP contribution in [-0.2, 0) is 0 Å². The van der Waals surface area contributed by atoms with Crippen molar-refractivity contribution >= 4 is 6.08 Å². The summed E-state index contributed by atoms with van der Waals surface area (Å²) >= 11 is 0.